The normalized spacial score (nSPS) is 10.5. The van der Waals surface area contributed by atoms with Crippen molar-refractivity contribution in [3.63, 3.8) is 0 Å². The van der Waals surface area contributed by atoms with Gasteiger partial charge in [-0.2, -0.15) is 0 Å². The Labute approximate surface area is 193 Å². The van der Waals surface area contributed by atoms with Crippen molar-refractivity contribution < 1.29 is 28.3 Å². The smallest absolute Gasteiger partial charge is 0.322 e. The number of nitrogens with zero attached hydrogens (tertiary/aromatic N) is 3. The summed E-state index contributed by atoms with van der Waals surface area (Å²) in [5, 5.41) is 21.5. The quantitative estimate of drug-likeness (QED) is 0.324. The molecule has 1 N–H and O–H groups in total. The second-order valence-corrected chi connectivity index (χ2v) is 6.82. The van der Waals surface area contributed by atoms with Crippen molar-refractivity contribution in [3.05, 3.63) is 51.0 Å². The molecule has 0 saturated heterocycles. The number of carbonyl (C=O) groups is 1. The van der Waals surface area contributed by atoms with Crippen LogP contribution in [0.2, 0.25) is 5.02 Å². The minimum atomic E-state index is -0.823. The molecule has 1 heterocycles. The summed E-state index contributed by atoms with van der Waals surface area (Å²) in [5.41, 5.74) is -0.191. The third-order valence-electron chi connectivity index (χ3n) is 4.20. The predicted molar refractivity (Wildman–Crippen MR) is 119 cm³/mol. The zero-order valence-corrected chi connectivity index (χ0v) is 18.8. The van der Waals surface area contributed by atoms with Gasteiger partial charge >= 0.3 is 6.01 Å². The molecule has 3 rings (SSSR count). The first-order valence-electron chi connectivity index (χ1n) is 10.0. The Bertz CT molecular complexity index is 1140. The van der Waals surface area contributed by atoms with E-state index >= 15 is 0 Å². The van der Waals surface area contributed by atoms with E-state index < -0.39 is 16.5 Å². The molecule has 0 aliphatic rings. The Morgan fingerprint density at radius 3 is 2.27 bits per heavy atom. The fraction of sp³-hybridized carbons (Fsp3) is 0.286. The molecule has 0 unspecified atom stereocenters. The summed E-state index contributed by atoms with van der Waals surface area (Å²) in [6.45, 7) is 6.69. The van der Waals surface area contributed by atoms with Gasteiger partial charge in [-0.3, -0.25) is 20.2 Å². The molecule has 1 aromatic heterocycles. The highest BCUT2D eigenvalue weighted by molar-refractivity contribution is 6.31. The first-order valence-corrected chi connectivity index (χ1v) is 10.4. The van der Waals surface area contributed by atoms with Crippen LogP contribution in [0.1, 0.15) is 31.1 Å². The maximum absolute atomic E-state index is 12.6. The fourth-order valence-corrected chi connectivity index (χ4v) is 3.09. The molecule has 33 heavy (non-hydrogen) atoms. The number of nitrogens with one attached hydrogen (secondary N) is 1. The number of hydrogen-bond donors (Lipinski definition) is 1. The minimum Gasteiger partial charge on any atom is -0.490 e. The lowest BCUT2D eigenvalue weighted by atomic mass is 10.1. The number of benzene rings is 2. The average molecular weight is 477 g/mol. The molecule has 0 bridgehead atoms. The van der Waals surface area contributed by atoms with Crippen molar-refractivity contribution in [2.45, 2.75) is 20.8 Å². The van der Waals surface area contributed by atoms with E-state index in [-0.39, 0.29) is 22.5 Å². The van der Waals surface area contributed by atoms with Crippen molar-refractivity contribution in [1.29, 1.82) is 0 Å². The summed E-state index contributed by atoms with van der Waals surface area (Å²) in [6.07, 6.45) is 0. The van der Waals surface area contributed by atoms with Crippen molar-refractivity contribution >= 4 is 29.2 Å². The van der Waals surface area contributed by atoms with Gasteiger partial charge in [0, 0.05) is 16.7 Å². The second-order valence-electron chi connectivity index (χ2n) is 6.39. The Morgan fingerprint density at radius 1 is 1.06 bits per heavy atom. The number of nitro groups is 1. The van der Waals surface area contributed by atoms with Crippen molar-refractivity contribution in [2.24, 2.45) is 0 Å². The molecular weight excluding hydrogens is 456 g/mol. The summed E-state index contributed by atoms with van der Waals surface area (Å²) in [7, 11) is 0. The minimum absolute atomic E-state index is 0.0656. The first kappa shape index (κ1) is 23.8. The van der Waals surface area contributed by atoms with Gasteiger partial charge in [-0.25, -0.2) is 0 Å². The van der Waals surface area contributed by atoms with E-state index in [4.69, 9.17) is 30.2 Å². The van der Waals surface area contributed by atoms with Crippen LogP contribution in [0.25, 0.3) is 11.5 Å². The van der Waals surface area contributed by atoms with E-state index in [0.717, 1.165) is 6.07 Å². The monoisotopic (exact) mass is 476 g/mol. The molecule has 174 valence electrons. The van der Waals surface area contributed by atoms with E-state index in [9.17, 15) is 14.9 Å². The Morgan fingerprint density at radius 2 is 1.70 bits per heavy atom. The zero-order valence-electron chi connectivity index (χ0n) is 18.1. The SMILES string of the molecule is CCOc1cc(-c2nnc(NC(=O)c3cc(Cl)ccc3[N+](=O)[O-])o2)cc(OCC)c1OCC. The Hall–Kier alpha value is -3.86. The summed E-state index contributed by atoms with van der Waals surface area (Å²) in [6, 6.07) is 6.69. The number of ether oxygens (including phenoxy) is 3. The summed E-state index contributed by atoms with van der Waals surface area (Å²) in [5.74, 6) is 0.551. The van der Waals surface area contributed by atoms with Crippen LogP contribution >= 0.6 is 11.6 Å². The number of nitro benzene ring substituents is 1. The van der Waals surface area contributed by atoms with E-state index in [1.54, 1.807) is 12.1 Å². The number of carbonyl (C=O) groups excluding carboxylic acids is 1. The van der Waals surface area contributed by atoms with Gasteiger partial charge in [-0.1, -0.05) is 16.7 Å². The molecule has 2 aromatic carbocycles. The van der Waals surface area contributed by atoms with Crippen LogP contribution in [-0.4, -0.2) is 40.8 Å². The lowest BCUT2D eigenvalue weighted by molar-refractivity contribution is -0.385. The number of halogens is 1. The van der Waals surface area contributed by atoms with Gasteiger partial charge in [-0.05, 0) is 45.0 Å². The molecule has 0 saturated carbocycles. The zero-order chi connectivity index (χ0) is 24.0. The molecule has 0 spiro atoms. The molecule has 1 amide bonds. The number of anilines is 1. The maximum Gasteiger partial charge on any atom is 0.322 e. The molecular formula is C21H21ClN4O7. The second kappa shape index (κ2) is 10.6. The first-order chi connectivity index (χ1) is 15.9. The van der Waals surface area contributed by atoms with E-state index in [1.807, 2.05) is 20.8 Å². The lowest BCUT2D eigenvalue weighted by Gasteiger charge is -2.16. The van der Waals surface area contributed by atoms with E-state index in [2.05, 4.69) is 15.5 Å². The highest BCUT2D eigenvalue weighted by Gasteiger charge is 2.23. The Balaban J connectivity index is 1.92. The van der Waals surface area contributed by atoms with E-state index in [0.29, 0.717) is 42.6 Å². The molecule has 0 atom stereocenters. The highest BCUT2D eigenvalue weighted by Crippen LogP contribution is 2.42. The van der Waals surface area contributed by atoms with E-state index in [1.165, 1.54) is 12.1 Å². The molecule has 0 aliphatic carbocycles. The van der Waals surface area contributed by atoms with Crippen LogP contribution in [0.15, 0.2) is 34.7 Å². The summed E-state index contributed by atoms with van der Waals surface area (Å²) >= 11 is 5.88. The molecule has 12 heteroatoms. The molecule has 11 nitrogen and oxygen atoms in total. The van der Waals surface area contributed by atoms with Crippen LogP contribution in [0.3, 0.4) is 0 Å². The third kappa shape index (κ3) is 5.50. The number of aromatic nitrogens is 2. The topological polar surface area (TPSA) is 139 Å². The van der Waals surface area contributed by atoms with Crippen molar-refractivity contribution in [2.75, 3.05) is 25.1 Å². The maximum atomic E-state index is 12.6. The molecule has 0 aliphatic heterocycles. The van der Waals surface area contributed by atoms with Crippen LogP contribution in [0.4, 0.5) is 11.7 Å². The number of hydrogen-bond acceptors (Lipinski definition) is 9. The summed E-state index contributed by atoms with van der Waals surface area (Å²) in [4.78, 5) is 23.1. The van der Waals surface area contributed by atoms with Gasteiger partial charge in [0.25, 0.3) is 11.6 Å². The highest BCUT2D eigenvalue weighted by atomic mass is 35.5. The largest absolute Gasteiger partial charge is 0.490 e. The Kier molecular flexibility index (Phi) is 7.67. The van der Waals surface area contributed by atoms with Gasteiger partial charge < -0.3 is 18.6 Å². The van der Waals surface area contributed by atoms with Gasteiger partial charge in [0.15, 0.2) is 11.5 Å². The van der Waals surface area contributed by atoms with Gasteiger partial charge in [0.05, 0.1) is 24.7 Å². The fourth-order valence-electron chi connectivity index (χ4n) is 2.92. The molecule has 0 fully saturated rings. The summed E-state index contributed by atoms with van der Waals surface area (Å²) < 4.78 is 22.6. The van der Waals surface area contributed by atoms with Crippen LogP contribution in [0, 0.1) is 10.1 Å². The number of amides is 1. The van der Waals surface area contributed by atoms with Crippen LogP contribution < -0.4 is 19.5 Å². The third-order valence-corrected chi connectivity index (χ3v) is 4.44. The van der Waals surface area contributed by atoms with Gasteiger partial charge in [0.2, 0.25) is 11.6 Å². The van der Waals surface area contributed by atoms with Gasteiger partial charge in [0.1, 0.15) is 5.56 Å². The molecule has 3 aromatic rings. The average Bonchev–Trinajstić information content (AvgIpc) is 3.24. The standard InChI is InChI=1S/C21H21ClN4O7/c1-4-30-16-9-12(10-17(31-5-2)18(16)32-6-3)20-24-25-21(33-20)23-19(27)14-11-13(22)7-8-15(14)26(28)29/h7-11H,4-6H2,1-3H3,(H,23,25,27). The number of rotatable bonds is 10. The predicted octanol–water partition coefficient (Wildman–Crippen LogP) is 4.75. The lowest BCUT2D eigenvalue weighted by Crippen LogP contribution is -2.14. The van der Waals surface area contributed by atoms with Crippen LogP contribution in [0.5, 0.6) is 17.2 Å². The van der Waals surface area contributed by atoms with Crippen molar-refractivity contribution in [3.8, 4) is 28.7 Å². The van der Waals surface area contributed by atoms with Crippen LogP contribution in [-0.2, 0) is 0 Å². The van der Waals surface area contributed by atoms with Crippen molar-refractivity contribution in [1.82, 2.24) is 10.2 Å². The van der Waals surface area contributed by atoms with Gasteiger partial charge in [-0.15, -0.1) is 5.10 Å². The molecule has 0 radical (unpaired) electrons.